The Morgan fingerprint density at radius 2 is 2.27 bits per heavy atom. The normalized spacial score (nSPS) is 13.9. The Kier molecular flexibility index (Phi) is 6.21. The monoisotopic (exact) mass is 324 g/mol. The molecule has 1 N–H and O–H groups in total. The fourth-order valence-electron chi connectivity index (χ4n) is 1.99. The number of ether oxygens (including phenoxy) is 1. The first-order valence-electron chi connectivity index (χ1n) is 7.30. The van der Waals surface area contributed by atoms with Gasteiger partial charge in [0.1, 0.15) is 5.56 Å². The smallest absolute Gasteiger partial charge is 0.282 e. The standard InChI is InChI=1S/C15H20N2O4S/c1-22-12-5-6-14(17(19)20)13(9-12)15(18)16-7-2-8-21-10-11-3-4-11/h5-6,9,11H,2-4,7-8,10H2,1H3,(H,16,18). The number of rotatable bonds is 9. The number of carbonyl (C=O) groups excluding carboxylic acids is 1. The van der Waals surface area contributed by atoms with Crippen LogP contribution in [0.4, 0.5) is 5.69 Å². The predicted octanol–water partition coefficient (Wildman–Crippen LogP) is 2.86. The highest BCUT2D eigenvalue weighted by molar-refractivity contribution is 7.98. The summed E-state index contributed by atoms with van der Waals surface area (Å²) in [6.45, 7) is 1.85. The van der Waals surface area contributed by atoms with Crippen molar-refractivity contribution in [3.8, 4) is 0 Å². The van der Waals surface area contributed by atoms with Gasteiger partial charge in [0.2, 0.25) is 0 Å². The van der Waals surface area contributed by atoms with E-state index in [0.717, 1.165) is 17.4 Å². The third kappa shape index (κ3) is 4.99. The molecule has 0 spiro atoms. The zero-order chi connectivity index (χ0) is 15.9. The first-order valence-corrected chi connectivity index (χ1v) is 8.52. The number of benzene rings is 1. The van der Waals surface area contributed by atoms with E-state index < -0.39 is 10.8 Å². The molecule has 1 aliphatic carbocycles. The van der Waals surface area contributed by atoms with Crippen LogP contribution in [0.2, 0.25) is 0 Å². The number of amides is 1. The lowest BCUT2D eigenvalue weighted by molar-refractivity contribution is -0.385. The fourth-order valence-corrected chi connectivity index (χ4v) is 2.43. The number of hydrogen-bond donors (Lipinski definition) is 1. The summed E-state index contributed by atoms with van der Waals surface area (Å²) in [4.78, 5) is 23.4. The third-order valence-corrected chi connectivity index (χ3v) is 4.17. The van der Waals surface area contributed by atoms with Crippen LogP contribution in [0.3, 0.4) is 0 Å². The minimum Gasteiger partial charge on any atom is -0.381 e. The van der Waals surface area contributed by atoms with Gasteiger partial charge in [-0.05, 0) is 43.6 Å². The van der Waals surface area contributed by atoms with Crippen molar-refractivity contribution in [2.75, 3.05) is 26.0 Å². The Bertz CT molecular complexity index is 546. The van der Waals surface area contributed by atoms with Gasteiger partial charge in [0, 0.05) is 30.7 Å². The summed E-state index contributed by atoms with van der Waals surface area (Å²) in [6, 6.07) is 4.58. The zero-order valence-electron chi connectivity index (χ0n) is 12.5. The van der Waals surface area contributed by atoms with E-state index >= 15 is 0 Å². The lowest BCUT2D eigenvalue weighted by Crippen LogP contribution is -2.26. The van der Waals surface area contributed by atoms with E-state index in [0.29, 0.717) is 19.6 Å². The van der Waals surface area contributed by atoms with E-state index in [1.54, 1.807) is 12.1 Å². The molecule has 1 amide bonds. The van der Waals surface area contributed by atoms with Crippen LogP contribution < -0.4 is 5.32 Å². The second kappa shape index (κ2) is 8.14. The maximum Gasteiger partial charge on any atom is 0.282 e. The second-order valence-corrected chi connectivity index (χ2v) is 6.15. The minimum absolute atomic E-state index is 0.107. The average Bonchev–Trinajstić information content (AvgIpc) is 3.33. The number of nitro groups is 1. The van der Waals surface area contributed by atoms with Crippen LogP contribution in [-0.4, -0.2) is 36.8 Å². The number of thioether (sulfide) groups is 1. The van der Waals surface area contributed by atoms with E-state index in [-0.39, 0.29) is 11.3 Å². The molecule has 2 rings (SSSR count). The van der Waals surface area contributed by atoms with Crippen LogP contribution in [0.15, 0.2) is 23.1 Å². The summed E-state index contributed by atoms with van der Waals surface area (Å²) in [5, 5.41) is 13.7. The van der Waals surface area contributed by atoms with Crippen molar-refractivity contribution < 1.29 is 14.5 Å². The summed E-state index contributed by atoms with van der Waals surface area (Å²) in [5.74, 6) is 0.316. The largest absolute Gasteiger partial charge is 0.381 e. The van der Waals surface area contributed by atoms with Gasteiger partial charge in [0.05, 0.1) is 4.92 Å². The van der Waals surface area contributed by atoms with E-state index in [4.69, 9.17) is 4.74 Å². The number of nitrogens with one attached hydrogen (secondary N) is 1. The van der Waals surface area contributed by atoms with Gasteiger partial charge in [0.25, 0.3) is 11.6 Å². The van der Waals surface area contributed by atoms with Gasteiger partial charge in [-0.15, -0.1) is 11.8 Å². The van der Waals surface area contributed by atoms with Gasteiger partial charge in [-0.2, -0.15) is 0 Å². The topological polar surface area (TPSA) is 81.5 Å². The molecule has 0 radical (unpaired) electrons. The Balaban J connectivity index is 1.83. The van der Waals surface area contributed by atoms with Crippen molar-refractivity contribution in [3.05, 3.63) is 33.9 Å². The predicted molar refractivity (Wildman–Crippen MR) is 85.4 cm³/mol. The summed E-state index contributed by atoms with van der Waals surface area (Å²) in [6.07, 6.45) is 5.08. The first-order chi connectivity index (χ1) is 10.6. The zero-order valence-corrected chi connectivity index (χ0v) is 13.4. The Morgan fingerprint density at radius 3 is 2.91 bits per heavy atom. The molecule has 1 aromatic carbocycles. The molecule has 22 heavy (non-hydrogen) atoms. The van der Waals surface area contributed by atoms with Crippen molar-refractivity contribution in [3.63, 3.8) is 0 Å². The SMILES string of the molecule is CSc1ccc([N+](=O)[O-])c(C(=O)NCCCOCC2CC2)c1. The lowest BCUT2D eigenvalue weighted by atomic mass is 10.1. The van der Waals surface area contributed by atoms with Gasteiger partial charge in [-0.25, -0.2) is 0 Å². The molecule has 0 aliphatic heterocycles. The molecule has 0 atom stereocenters. The molecule has 0 aromatic heterocycles. The van der Waals surface area contributed by atoms with Gasteiger partial charge >= 0.3 is 0 Å². The summed E-state index contributed by atoms with van der Waals surface area (Å²) < 4.78 is 5.48. The highest BCUT2D eigenvalue weighted by Gasteiger charge is 2.21. The molecule has 120 valence electrons. The van der Waals surface area contributed by atoms with Crippen LogP contribution in [-0.2, 0) is 4.74 Å². The van der Waals surface area contributed by atoms with E-state index in [2.05, 4.69) is 5.32 Å². The number of carbonyl (C=O) groups is 1. The number of nitro benzene ring substituents is 1. The minimum atomic E-state index is -0.530. The molecular formula is C15H20N2O4S. The van der Waals surface area contributed by atoms with E-state index in [9.17, 15) is 14.9 Å². The molecule has 0 saturated heterocycles. The molecular weight excluding hydrogens is 304 g/mol. The summed E-state index contributed by atoms with van der Waals surface area (Å²) >= 11 is 1.44. The highest BCUT2D eigenvalue weighted by atomic mass is 32.2. The van der Waals surface area contributed by atoms with E-state index in [1.807, 2.05) is 6.26 Å². The molecule has 1 aromatic rings. The van der Waals surface area contributed by atoms with E-state index in [1.165, 1.54) is 30.7 Å². The number of hydrogen-bond acceptors (Lipinski definition) is 5. The quantitative estimate of drug-likeness (QED) is 0.327. The van der Waals surface area contributed by atoms with Crippen LogP contribution in [0.1, 0.15) is 29.6 Å². The number of nitrogens with zero attached hydrogens (tertiary/aromatic N) is 1. The van der Waals surface area contributed by atoms with Crippen LogP contribution >= 0.6 is 11.8 Å². The average molecular weight is 324 g/mol. The van der Waals surface area contributed by atoms with Crippen molar-refractivity contribution in [1.29, 1.82) is 0 Å². The Labute approximate surface area is 133 Å². The van der Waals surface area contributed by atoms with Crippen molar-refractivity contribution in [1.82, 2.24) is 5.32 Å². The fraction of sp³-hybridized carbons (Fsp3) is 0.533. The molecule has 6 nitrogen and oxygen atoms in total. The lowest BCUT2D eigenvalue weighted by Gasteiger charge is -2.07. The summed E-state index contributed by atoms with van der Waals surface area (Å²) in [7, 11) is 0. The second-order valence-electron chi connectivity index (χ2n) is 5.27. The molecule has 0 bridgehead atoms. The third-order valence-electron chi connectivity index (χ3n) is 3.45. The van der Waals surface area contributed by atoms with Crippen molar-refractivity contribution in [2.45, 2.75) is 24.2 Å². The molecule has 1 fully saturated rings. The summed E-state index contributed by atoms with van der Waals surface area (Å²) in [5.41, 5.74) is -0.0592. The molecule has 1 saturated carbocycles. The molecule has 1 aliphatic rings. The van der Waals surface area contributed by atoms with Gasteiger partial charge in [-0.3, -0.25) is 14.9 Å². The Hall–Kier alpha value is -1.60. The molecule has 0 heterocycles. The maximum absolute atomic E-state index is 12.1. The van der Waals surface area contributed by atoms with Gasteiger partial charge in [-0.1, -0.05) is 0 Å². The van der Waals surface area contributed by atoms with Crippen molar-refractivity contribution >= 4 is 23.4 Å². The van der Waals surface area contributed by atoms with Crippen LogP contribution in [0, 0.1) is 16.0 Å². The van der Waals surface area contributed by atoms with Crippen LogP contribution in [0.5, 0.6) is 0 Å². The molecule has 7 heteroatoms. The molecule has 0 unspecified atom stereocenters. The van der Waals surface area contributed by atoms with Gasteiger partial charge in [0.15, 0.2) is 0 Å². The maximum atomic E-state index is 12.1. The van der Waals surface area contributed by atoms with Crippen LogP contribution in [0.25, 0.3) is 0 Å². The Morgan fingerprint density at radius 1 is 1.50 bits per heavy atom. The van der Waals surface area contributed by atoms with Crippen molar-refractivity contribution in [2.24, 2.45) is 5.92 Å². The van der Waals surface area contributed by atoms with Gasteiger partial charge < -0.3 is 10.1 Å². The first kappa shape index (κ1) is 16.8. The highest BCUT2D eigenvalue weighted by Crippen LogP contribution is 2.28.